The van der Waals surface area contributed by atoms with Crippen molar-refractivity contribution in [2.75, 3.05) is 26.2 Å². The van der Waals surface area contributed by atoms with Crippen LogP contribution in [0.5, 0.6) is 0 Å². The van der Waals surface area contributed by atoms with Crippen molar-refractivity contribution in [3.05, 3.63) is 0 Å². The Hall–Kier alpha value is -0.570. The molecule has 1 saturated carbocycles. The van der Waals surface area contributed by atoms with Crippen LogP contribution in [0, 0.1) is 5.92 Å². The van der Waals surface area contributed by atoms with E-state index in [1.54, 1.807) is 0 Å². The second-order valence-corrected chi connectivity index (χ2v) is 4.11. The number of hydrogen-bond donors (Lipinski definition) is 1. The first-order valence-corrected chi connectivity index (χ1v) is 5.36. The monoisotopic (exact) mass is 182 g/mol. The Labute approximate surface area is 79.5 Å². The molecule has 0 bridgehead atoms. The summed E-state index contributed by atoms with van der Waals surface area (Å²) >= 11 is 0. The molecule has 74 valence electrons. The Kier molecular flexibility index (Phi) is 2.83. The molecule has 0 aromatic carbocycles. The van der Waals surface area contributed by atoms with Crippen molar-refractivity contribution in [3.8, 4) is 0 Å². The molecule has 1 heterocycles. The lowest BCUT2D eigenvalue weighted by Crippen LogP contribution is -2.34. The number of carbonyl (C=O) groups is 1. The van der Waals surface area contributed by atoms with Gasteiger partial charge in [0.25, 0.3) is 0 Å². The van der Waals surface area contributed by atoms with Gasteiger partial charge in [-0.3, -0.25) is 4.79 Å². The van der Waals surface area contributed by atoms with Gasteiger partial charge in [0.15, 0.2) is 0 Å². The molecule has 0 aromatic heterocycles. The van der Waals surface area contributed by atoms with E-state index in [2.05, 4.69) is 10.2 Å². The van der Waals surface area contributed by atoms with Gasteiger partial charge in [0.1, 0.15) is 0 Å². The van der Waals surface area contributed by atoms with E-state index >= 15 is 0 Å². The molecule has 0 radical (unpaired) electrons. The maximum atomic E-state index is 11.2. The van der Waals surface area contributed by atoms with Crippen LogP contribution in [0.15, 0.2) is 0 Å². The molecule has 2 aliphatic rings. The smallest absolute Gasteiger partial charge is 0.223 e. The van der Waals surface area contributed by atoms with Gasteiger partial charge in [0.2, 0.25) is 5.91 Å². The molecule has 0 atom stereocenters. The largest absolute Gasteiger partial charge is 0.355 e. The first-order chi connectivity index (χ1) is 6.36. The van der Waals surface area contributed by atoms with Crippen LogP contribution in [0.2, 0.25) is 0 Å². The van der Waals surface area contributed by atoms with E-state index in [-0.39, 0.29) is 5.91 Å². The molecule has 1 aliphatic carbocycles. The molecule has 3 nitrogen and oxygen atoms in total. The SMILES string of the molecule is O=C(NCCN1CCCC1)C1CC1. The van der Waals surface area contributed by atoms with Crippen molar-refractivity contribution in [1.82, 2.24) is 10.2 Å². The van der Waals surface area contributed by atoms with Gasteiger partial charge >= 0.3 is 0 Å². The normalized spacial score (nSPS) is 23.4. The van der Waals surface area contributed by atoms with Gasteiger partial charge in [-0.2, -0.15) is 0 Å². The third-order valence-corrected chi connectivity index (χ3v) is 2.87. The summed E-state index contributed by atoms with van der Waals surface area (Å²) in [6, 6.07) is 0. The lowest BCUT2D eigenvalue weighted by molar-refractivity contribution is -0.122. The zero-order valence-corrected chi connectivity index (χ0v) is 8.09. The fourth-order valence-corrected chi connectivity index (χ4v) is 1.83. The molecule has 0 unspecified atom stereocenters. The highest BCUT2D eigenvalue weighted by Gasteiger charge is 2.29. The van der Waals surface area contributed by atoms with E-state index in [0.717, 1.165) is 25.9 Å². The fourth-order valence-electron chi connectivity index (χ4n) is 1.83. The van der Waals surface area contributed by atoms with E-state index in [0.29, 0.717) is 5.92 Å². The minimum Gasteiger partial charge on any atom is -0.355 e. The van der Waals surface area contributed by atoms with E-state index in [1.807, 2.05) is 0 Å². The summed E-state index contributed by atoms with van der Waals surface area (Å²) in [5.41, 5.74) is 0. The molecule has 1 amide bonds. The Morgan fingerprint density at radius 1 is 1.31 bits per heavy atom. The van der Waals surface area contributed by atoms with Crippen LogP contribution in [0.1, 0.15) is 25.7 Å². The van der Waals surface area contributed by atoms with Crippen LogP contribution < -0.4 is 5.32 Å². The number of likely N-dealkylation sites (tertiary alicyclic amines) is 1. The number of nitrogens with zero attached hydrogens (tertiary/aromatic N) is 1. The van der Waals surface area contributed by atoms with Gasteiger partial charge in [-0.25, -0.2) is 0 Å². The molecule has 2 rings (SSSR count). The molecule has 1 N–H and O–H groups in total. The van der Waals surface area contributed by atoms with Gasteiger partial charge in [0, 0.05) is 19.0 Å². The van der Waals surface area contributed by atoms with Gasteiger partial charge in [-0.15, -0.1) is 0 Å². The second-order valence-electron chi connectivity index (χ2n) is 4.11. The number of hydrogen-bond acceptors (Lipinski definition) is 2. The minimum atomic E-state index is 0.277. The average Bonchev–Trinajstić information content (AvgIpc) is 2.86. The third kappa shape index (κ3) is 2.69. The highest BCUT2D eigenvalue weighted by molar-refractivity contribution is 5.80. The van der Waals surface area contributed by atoms with E-state index in [1.165, 1.54) is 25.9 Å². The topological polar surface area (TPSA) is 32.3 Å². The molecule has 3 heteroatoms. The summed E-state index contributed by atoms with van der Waals surface area (Å²) < 4.78 is 0. The van der Waals surface area contributed by atoms with Crippen LogP contribution in [0.3, 0.4) is 0 Å². The lowest BCUT2D eigenvalue weighted by atomic mass is 10.4. The Morgan fingerprint density at radius 2 is 2.00 bits per heavy atom. The van der Waals surface area contributed by atoms with Gasteiger partial charge in [0.05, 0.1) is 0 Å². The van der Waals surface area contributed by atoms with Crippen LogP contribution >= 0.6 is 0 Å². The van der Waals surface area contributed by atoms with Crippen molar-refractivity contribution >= 4 is 5.91 Å². The summed E-state index contributed by atoms with van der Waals surface area (Å²) in [5.74, 6) is 0.637. The molecular weight excluding hydrogens is 164 g/mol. The summed E-state index contributed by atoms with van der Waals surface area (Å²) in [7, 11) is 0. The second kappa shape index (κ2) is 4.09. The van der Waals surface area contributed by atoms with Crippen molar-refractivity contribution in [2.24, 2.45) is 5.92 Å². The van der Waals surface area contributed by atoms with Crippen molar-refractivity contribution < 1.29 is 4.79 Å². The molecule has 13 heavy (non-hydrogen) atoms. The highest BCUT2D eigenvalue weighted by atomic mass is 16.2. The van der Waals surface area contributed by atoms with E-state index in [9.17, 15) is 4.79 Å². The first kappa shape index (κ1) is 9.00. The van der Waals surface area contributed by atoms with E-state index in [4.69, 9.17) is 0 Å². The first-order valence-electron chi connectivity index (χ1n) is 5.36. The Bertz CT molecular complexity index is 183. The number of carbonyl (C=O) groups excluding carboxylic acids is 1. The van der Waals surface area contributed by atoms with Crippen molar-refractivity contribution in [3.63, 3.8) is 0 Å². The number of amides is 1. The maximum Gasteiger partial charge on any atom is 0.223 e. The van der Waals surface area contributed by atoms with E-state index < -0.39 is 0 Å². The third-order valence-electron chi connectivity index (χ3n) is 2.87. The predicted molar refractivity (Wildman–Crippen MR) is 51.4 cm³/mol. The number of nitrogens with one attached hydrogen (secondary N) is 1. The Morgan fingerprint density at radius 3 is 2.62 bits per heavy atom. The summed E-state index contributed by atoms with van der Waals surface area (Å²) in [4.78, 5) is 13.7. The van der Waals surface area contributed by atoms with Crippen molar-refractivity contribution in [1.29, 1.82) is 0 Å². The summed E-state index contributed by atoms with van der Waals surface area (Å²) in [6.45, 7) is 4.33. The fraction of sp³-hybridized carbons (Fsp3) is 0.900. The highest BCUT2D eigenvalue weighted by Crippen LogP contribution is 2.28. The molecule has 2 fully saturated rings. The summed E-state index contributed by atoms with van der Waals surface area (Å²) in [5, 5.41) is 2.99. The van der Waals surface area contributed by atoms with Crippen LogP contribution in [-0.2, 0) is 4.79 Å². The van der Waals surface area contributed by atoms with Gasteiger partial charge in [-0.05, 0) is 38.8 Å². The number of rotatable bonds is 4. The van der Waals surface area contributed by atoms with Crippen LogP contribution in [-0.4, -0.2) is 37.0 Å². The minimum absolute atomic E-state index is 0.277. The zero-order chi connectivity index (χ0) is 9.10. The molecule has 1 aliphatic heterocycles. The van der Waals surface area contributed by atoms with Gasteiger partial charge < -0.3 is 10.2 Å². The lowest BCUT2D eigenvalue weighted by Gasteiger charge is -2.14. The standard InChI is InChI=1S/C10H18N2O/c13-10(9-3-4-9)11-5-8-12-6-1-2-7-12/h9H,1-8H2,(H,11,13). The van der Waals surface area contributed by atoms with Gasteiger partial charge in [-0.1, -0.05) is 0 Å². The Balaban J connectivity index is 1.54. The predicted octanol–water partition coefficient (Wildman–Crippen LogP) is 0.608. The summed E-state index contributed by atoms with van der Waals surface area (Å²) in [6.07, 6.45) is 4.87. The van der Waals surface area contributed by atoms with Crippen molar-refractivity contribution in [2.45, 2.75) is 25.7 Å². The molecule has 1 saturated heterocycles. The molecule has 0 spiro atoms. The quantitative estimate of drug-likeness (QED) is 0.691. The van der Waals surface area contributed by atoms with Crippen LogP contribution in [0.4, 0.5) is 0 Å². The molecule has 0 aromatic rings. The molecular formula is C10H18N2O. The maximum absolute atomic E-state index is 11.2. The van der Waals surface area contributed by atoms with Crippen LogP contribution in [0.25, 0.3) is 0 Å². The zero-order valence-electron chi connectivity index (χ0n) is 8.09. The average molecular weight is 182 g/mol.